The van der Waals surface area contributed by atoms with Crippen LogP contribution in [-0.4, -0.2) is 68.6 Å². The highest BCUT2D eigenvalue weighted by molar-refractivity contribution is 6.07. The Morgan fingerprint density at radius 1 is 1.24 bits per heavy atom. The fourth-order valence-electron chi connectivity index (χ4n) is 3.36. The van der Waals surface area contributed by atoms with Gasteiger partial charge in [-0.2, -0.15) is 0 Å². The number of rotatable bonds is 7. The maximum atomic E-state index is 13.3. The molecule has 0 spiro atoms. The standard InChI is InChI=1S/C19H26N2O4/c1-23-10-7-15-14-25-12-9-21(15)19(22)17-13-20(8-11-24-2)18-6-4-3-5-16(17)18/h3-6,13,15H,7-12,14H2,1-2H3. The highest BCUT2D eigenvalue weighted by Crippen LogP contribution is 2.24. The first kappa shape index (κ1) is 17.9. The molecule has 1 fully saturated rings. The largest absolute Gasteiger partial charge is 0.385 e. The van der Waals surface area contributed by atoms with Gasteiger partial charge in [0.05, 0.1) is 31.4 Å². The average Bonchev–Trinajstić information content (AvgIpc) is 3.03. The summed E-state index contributed by atoms with van der Waals surface area (Å²) in [5, 5.41) is 0.987. The Hall–Kier alpha value is -1.89. The Morgan fingerprint density at radius 3 is 2.84 bits per heavy atom. The number of benzene rings is 1. The number of hydrogen-bond acceptors (Lipinski definition) is 4. The van der Waals surface area contributed by atoms with Crippen molar-refractivity contribution >= 4 is 16.8 Å². The molecule has 0 aliphatic carbocycles. The molecule has 1 saturated heterocycles. The SMILES string of the molecule is COCCC1COCCN1C(=O)c1cn(CCOC)c2ccccc12. The van der Waals surface area contributed by atoms with Crippen LogP contribution in [0.3, 0.4) is 0 Å². The molecule has 6 nitrogen and oxygen atoms in total. The lowest BCUT2D eigenvalue weighted by atomic mass is 10.1. The predicted octanol–water partition coefficient (Wildman–Crippen LogP) is 2.17. The molecule has 0 N–H and O–H groups in total. The van der Waals surface area contributed by atoms with Gasteiger partial charge in [-0.25, -0.2) is 0 Å². The van der Waals surface area contributed by atoms with Gasteiger partial charge in [0.1, 0.15) is 0 Å². The minimum atomic E-state index is 0.0577. The lowest BCUT2D eigenvalue weighted by molar-refractivity contribution is -0.0103. The lowest BCUT2D eigenvalue weighted by Gasteiger charge is -2.35. The maximum absolute atomic E-state index is 13.3. The monoisotopic (exact) mass is 346 g/mol. The topological polar surface area (TPSA) is 52.9 Å². The molecule has 6 heteroatoms. The number of nitrogens with zero attached hydrogens (tertiary/aromatic N) is 2. The molecule has 25 heavy (non-hydrogen) atoms. The van der Waals surface area contributed by atoms with E-state index in [0.717, 1.165) is 29.4 Å². The van der Waals surface area contributed by atoms with Crippen LogP contribution in [0.1, 0.15) is 16.8 Å². The van der Waals surface area contributed by atoms with Gasteiger partial charge in [-0.05, 0) is 12.5 Å². The molecular weight excluding hydrogens is 320 g/mol. The number of carbonyl (C=O) groups excluding carboxylic acids is 1. The molecule has 136 valence electrons. The number of amides is 1. The van der Waals surface area contributed by atoms with E-state index < -0.39 is 0 Å². The summed E-state index contributed by atoms with van der Waals surface area (Å²) in [5.74, 6) is 0.0665. The number of aromatic nitrogens is 1. The summed E-state index contributed by atoms with van der Waals surface area (Å²) in [6.07, 6.45) is 2.74. The smallest absolute Gasteiger partial charge is 0.256 e. The summed E-state index contributed by atoms with van der Waals surface area (Å²) in [6, 6.07) is 8.08. The van der Waals surface area contributed by atoms with Crippen molar-refractivity contribution in [2.75, 3.05) is 47.2 Å². The second-order valence-corrected chi connectivity index (χ2v) is 6.25. The van der Waals surface area contributed by atoms with E-state index in [2.05, 4.69) is 4.57 Å². The lowest BCUT2D eigenvalue weighted by Crippen LogP contribution is -2.49. The fourth-order valence-corrected chi connectivity index (χ4v) is 3.36. The van der Waals surface area contributed by atoms with E-state index in [-0.39, 0.29) is 11.9 Å². The minimum absolute atomic E-state index is 0.0577. The normalized spacial score (nSPS) is 18.0. The van der Waals surface area contributed by atoms with Gasteiger partial charge in [0, 0.05) is 51.0 Å². The zero-order valence-corrected chi connectivity index (χ0v) is 14.9. The van der Waals surface area contributed by atoms with E-state index in [1.807, 2.05) is 35.4 Å². The third kappa shape index (κ3) is 3.86. The molecule has 1 aliphatic rings. The van der Waals surface area contributed by atoms with Crippen molar-refractivity contribution in [1.29, 1.82) is 0 Å². The average molecular weight is 346 g/mol. The quantitative estimate of drug-likeness (QED) is 0.771. The number of methoxy groups -OCH3 is 2. The van der Waals surface area contributed by atoms with Gasteiger partial charge in [0.15, 0.2) is 0 Å². The highest BCUT2D eigenvalue weighted by atomic mass is 16.5. The Morgan fingerprint density at radius 2 is 2.04 bits per heavy atom. The molecule has 1 aliphatic heterocycles. The third-order valence-corrected chi connectivity index (χ3v) is 4.70. The van der Waals surface area contributed by atoms with Crippen LogP contribution < -0.4 is 0 Å². The number of morpholine rings is 1. The van der Waals surface area contributed by atoms with Gasteiger partial charge < -0.3 is 23.7 Å². The summed E-state index contributed by atoms with van der Waals surface area (Å²) in [5.41, 5.74) is 1.81. The zero-order valence-electron chi connectivity index (χ0n) is 14.9. The first-order valence-corrected chi connectivity index (χ1v) is 8.70. The van der Waals surface area contributed by atoms with E-state index in [1.54, 1.807) is 14.2 Å². The summed E-state index contributed by atoms with van der Waals surface area (Å²) in [6.45, 7) is 3.72. The van der Waals surface area contributed by atoms with Gasteiger partial charge in [0.2, 0.25) is 0 Å². The Balaban J connectivity index is 1.90. The van der Waals surface area contributed by atoms with Crippen molar-refractivity contribution in [1.82, 2.24) is 9.47 Å². The van der Waals surface area contributed by atoms with Gasteiger partial charge in [0.25, 0.3) is 5.91 Å². The number of fused-ring (bicyclic) bond motifs is 1. The molecular formula is C19H26N2O4. The van der Waals surface area contributed by atoms with Crippen molar-refractivity contribution in [3.05, 3.63) is 36.0 Å². The van der Waals surface area contributed by atoms with Gasteiger partial charge in [-0.1, -0.05) is 18.2 Å². The fraction of sp³-hybridized carbons (Fsp3) is 0.526. The van der Waals surface area contributed by atoms with E-state index in [0.29, 0.717) is 33.0 Å². The Bertz CT molecular complexity index is 713. The summed E-state index contributed by atoms with van der Waals surface area (Å²) in [7, 11) is 3.37. The highest BCUT2D eigenvalue weighted by Gasteiger charge is 2.29. The predicted molar refractivity (Wildman–Crippen MR) is 96.0 cm³/mol. The molecule has 0 bridgehead atoms. The van der Waals surface area contributed by atoms with Gasteiger partial charge >= 0.3 is 0 Å². The molecule has 0 saturated carbocycles. The first-order valence-electron chi connectivity index (χ1n) is 8.70. The van der Waals surface area contributed by atoms with Crippen LogP contribution in [0.15, 0.2) is 30.5 Å². The number of para-hydroxylation sites is 1. The van der Waals surface area contributed by atoms with Crippen molar-refractivity contribution in [3.63, 3.8) is 0 Å². The third-order valence-electron chi connectivity index (χ3n) is 4.70. The van der Waals surface area contributed by atoms with E-state index >= 15 is 0 Å². The van der Waals surface area contributed by atoms with Crippen LogP contribution in [0.25, 0.3) is 10.9 Å². The summed E-state index contributed by atoms with van der Waals surface area (Å²) in [4.78, 5) is 15.2. The molecule has 2 heterocycles. The summed E-state index contributed by atoms with van der Waals surface area (Å²) >= 11 is 0. The van der Waals surface area contributed by atoms with Crippen molar-refractivity contribution in [2.45, 2.75) is 19.0 Å². The van der Waals surface area contributed by atoms with E-state index in [1.165, 1.54) is 0 Å². The molecule has 1 unspecified atom stereocenters. The zero-order chi connectivity index (χ0) is 17.6. The van der Waals surface area contributed by atoms with Crippen LogP contribution >= 0.6 is 0 Å². The van der Waals surface area contributed by atoms with Crippen molar-refractivity contribution < 1.29 is 19.0 Å². The molecule has 1 amide bonds. The van der Waals surface area contributed by atoms with Crippen molar-refractivity contribution in [3.8, 4) is 0 Å². The Kier molecular flexibility index (Phi) is 6.07. The molecule has 0 radical (unpaired) electrons. The molecule has 2 aromatic rings. The second kappa shape index (κ2) is 8.47. The maximum Gasteiger partial charge on any atom is 0.256 e. The van der Waals surface area contributed by atoms with E-state index in [9.17, 15) is 4.79 Å². The van der Waals surface area contributed by atoms with Crippen molar-refractivity contribution in [2.24, 2.45) is 0 Å². The van der Waals surface area contributed by atoms with Crippen LogP contribution in [0.2, 0.25) is 0 Å². The molecule has 1 aromatic heterocycles. The van der Waals surface area contributed by atoms with Crippen LogP contribution in [0.5, 0.6) is 0 Å². The summed E-state index contributed by atoms with van der Waals surface area (Å²) < 4.78 is 18.0. The molecule has 3 rings (SSSR count). The van der Waals surface area contributed by atoms with Gasteiger partial charge in [-0.3, -0.25) is 4.79 Å². The minimum Gasteiger partial charge on any atom is -0.385 e. The number of carbonyl (C=O) groups is 1. The second-order valence-electron chi connectivity index (χ2n) is 6.25. The Labute approximate surface area is 148 Å². The number of ether oxygens (including phenoxy) is 3. The van der Waals surface area contributed by atoms with Gasteiger partial charge in [-0.15, -0.1) is 0 Å². The van der Waals surface area contributed by atoms with E-state index in [4.69, 9.17) is 14.2 Å². The van der Waals surface area contributed by atoms with Crippen LogP contribution in [-0.2, 0) is 20.8 Å². The van der Waals surface area contributed by atoms with Crippen LogP contribution in [0.4, 0.5) is 0 Å². The number of hydrogen-bond donors (Lipinski definition) is 0. The molecule has 1 atom stereocenters. The molecule has 1 aromatic carbocycles. The first-order chi connectivity index (χ1) is 12.3. The van der Waals surface area contributed by atoms with Crippen LogP contribution in [0, 0.1) is 0 Å².